The van der Waals surface area contributed by atoms with E-state index in [9.17, 15) is 0 Å². The summed E-state index contributed by atoms with van der Waals surface area (Å²) in [6.07, 6.45) is 2.32. The second kappa shape index (κ2) is 5.80. The highest BCUT2D eigenvalue weighted by molar-refractivity contribution is 6.31. The molecule has 2 rings (SSSR count). The quantitative estimate of drug-likeness (QED) is 0.921. The molecule has 18 heavy (non-hydrogen) atoms. The molecule has 0 saturated heterocycles. The van der Waals surface area contributed by atoms with Gasteiger partial charge in [0.25, 0.3) is 0 Å². The molecule has 0 bridgehead atoms. The van der Waals surface area contributed by atoms with E-state index in [1.165, 1.54) is 6.33 Å². The molecule has 0 fully saturated rings. The van der Waals surface area contributed by atoms with Gasteiger partial charge in [0.05, 0.1) is 0 Å². The van der Waals surface area contributed by atoms with Crippen LogP contribution >= 0.6 is 11.6 Å². The summed E-state index contributed by atoms with van der Waals surface area (Å²) >= 11 is 6.06. The molecule has 0 amide bonds. The molecule has 0 aliphatic carbocycles. The summed E-state index contributed by atoms with van der Waals surface area (Å²) in [5.74, 6) is 1.13. The van der Waals surface area contributed by atoms with Crippen molar-refractivity contribution < 1.29 is 4.74 Å². The average molecular weight is 264 g/mol. The molecule has 2 aromatic rings. The summed E-state index contributed by atoms with van der Waals surface area (Å²) < 4.78 is 5.71. The van der Waals surface area contributed by atoms with Crippen molar-refractivity contribution in [2.45, 2.75) is 19.9 Å². The summed E-state index contributed by atoms with van der Waals surface area (Å²) in [6, 6.07) is 7.23. The lowest BCUT2D eigenvalue weighted by Gasteiger charge is -2.10. The topological polar surface area (TPSA) is 61.0 Å². The summed E-state index contributed by atoms with van der Waals surface area (Å²) in [6.45, 7) is 2.34. The molecule has 1 aromatic heterocycles. The van der Waals surface area contributed by atoms with Gasteiger partial charge in [-0.05, 0) is 18.6 Å². The van der Waals surface area contributed by atoms with Gasteiger partial charge in [0.15, 0.2) is 0 Å². The van der Waals surface area contributed by atoms with Gasteiger partial charge in [-0.15, -0.1) is 0 Å². The summed E-state index contributed by atoms with van der Waals surface area (Å²) in [5.41, 5.74) is 7.37. The van der Waals surface area contributed by atoms with Crippen LogP contribution in [0.5, 0.6) is 11.6 Å². The minimum atomic E-state index is 0.320. The van der Waals surface area contributed by atoms with Crippen LogP contribution < -0.4 is 10.5 Å². The van der Waals surface area contributed by atoms with Gasteiger partial charge < -0.3 is 10.5 Å². The third-order valence-electron chi connectivity index (χ3n) is 2.56. The van der Waals surface area contributed by atoms with Crippen molar-refractivity contribution in [3.8, 4) is 11.6 Å². The molecule has 0 aliphatic rings. The summed E-state index contributed by atoms with van der Waals surface area (Å²) in [7, 11) is 0. The van der Waals surface area contributed by atoms with Crippen molar-refractivity contribution in [3.05, 3.63) is 46.9 Å². The molecular formula is C13H14ClN3O. The number of aryl methyl sites for hydroxylation is 1. The minimum absolute atomic E-state index is 0.320. The fraction of sp³-hybridized carbons (Fsp3) is 0.231. The molecule has 0 atom stereocenters. The van der Waals surface area contributed by atoms with Gasteiger partial charge in [-0.2, -0.15) is 0 Å². The smallest absolute Gasteiger partial charge is 0.222 e. The van der Waals surface area contributed by atoms with E-state index in [1.54, 1.807) is 12.1 Å². The highest BCUT2D eigenvalue weighted by Gasteiger charge is 2.08. The first-order valence-electron chi connectivity index (χ1n) is 5.70. The Morgan fingerprint density at radius 1 is 1.33 bits per heavy atom. The number of aromatic nitrogens is 2. The van der Waals surface area contributed by atoms with Crippen LogP contribution in [-0.4, -0.2) is 9.97 Å². The lowest BCUT2D eigenvalue weighted by atomic mass is 10.2. The predicted molar refractivity (Wildman–Crippen MR) is 70.8 cm³/mol. The maximum absolute atomic E-state index is 6.06. The van der Waals surface area contributed by atoms with E-state index in [4.69, 9.17) is 22.1 Å². The third-order valence-corrected chi connectivity index (χ3v) is 2.91. The monoisotopic (exact) mass is 263 g/mol. The van der Waals surface area contributed by atoms with Crippen molar-refractivity contribution >= 4 is 11.6 Å². The molecule has 2 N–H and O–H groups in total. The highest BCUT2D eigenvalue weighted by Crippen LogP contribution is 2.29. The molecule has 0 spiro atoms. The molecule has 94 valence electrons. The van der Waals surface area contributed by atoms with E-state index in [0.29, 0.717) is 23.2 Å². The van der Waals surface area contributed by atoms with Crippen LogP contribution in [0.2, 0.25) is 5.02 Å². The maximum Gasteiger partial charge on any atom is 0.222 e. The number of hydrogen-bond donors (Lipinski definition) is 1. The highest BCUT2D eigenvalue weighted by atomic mass is 35.5. The Labute approximate surface area is 111 Å². The van der Waals surface area contributed by atoms with Crippen molar-refractivity contribution in [2.24, 2.45) is 5.73 Å². The van der Waals surface area contributed by atoms with Crippen LogP contribution in [0.15, 0.2) is 30.6 Å². The molecule has 0 aliphatic heterocycles. The van der Waals surface area contributed by atoms with Crippen LogP contribution in [-0.2, 0) is 13.0 Å². The Morgan fingerprint density at radius 3 is 2.89 bits per heavy atom. The van der Waals surface area contributed by atoms with Crippen LogP contribution in [0.3, 0.4) is 0 Å². The first-order chi connectivity index (χ1) is 8.74. The summed E-state index contributed by atoms with van der Waals surface area (Å²) in [5, 5.41) is 0.597. The number of halogens is 1. The number of rotatable bonds is 4. The van der Waals surface area contributed by atoms with Gasteiger partial charge in [0, 0.05) is 28.9 Å². The van der Waals surface area contributed by atoms with Crippen LogP contribution in [0, 0.1) is 0 Å². The minimum Gasteiger partial charge on any atom is -0.439 e. The number of ether oxygens (including phenoxy) is 1. The largest absolute Gasteiger partial charge is 0.439 e. The average Bonchev–Trinajstić information content (AvgIpc) is 2.39. The Hall–Kier alpha value is -1.65. The Bertz CT molecular complexity index is 546. The van der Waals surface area contributed by atoms with Gasteiger partial charge in [0.1, 0.15) is 12.1 Å². The van der Waals surface area contributed by atoms with Gasteiger partial charge in [0.2, 0.25) is 5.88 Å². The third kappa shape index (κ3) is 2.78. The predicted octanol–water partition coefficient (Wildman–Crippen LogP) is 2.94. The number of nitrogens with two attached hydrogens (primary N) is 1. The first kappa shape index (κ1) is 12.8. The fourth-order valence-electron chi connectivity index (χ4n) is 1.57. The second-order valence-electron chi connectivity index (χ2n) is 3.72. The first-order valence-corrected chi connectivity index (χ1v) is 6.08. The Balaban J connectivity index is 2.30. The standard InChI is InChI=1S/C13H14ClN3O/c1-2-9-6-13(17-8-16-9)18-12-5-3-4-11(14)10(12)7-15/h3-6,8H,2,7,15H2,1H3. The molecule has 4 nitrogen and oxygen atoms in total. The number of benzene rings is 1. The molecule has 1 aromatic carbocycles. The lowest BCUT2D eigenvalue weighted by molar-refractivity contribution is 0.455. The van der Waals surface area contributed by atoms with Crippen molar-refractivity contribution in [1.82, 2.24) is 9.97 Å². The van der Waals surface area contributed by atoms with Gasteiger partial charge in [-0.25, -0.2) is 9.97 Å². The van der Waals surface area contributed by atoms with E-state index in [0.717, 1.165) is 17.7 Å². The van der Waals surface area contributed by atoms with Gasteiger partial charge in [-0.3, -0.25) is 0 Å². The zero-order chi connectivity index (χ0) is 13.0. The van der Waals surface area contributed by atoms with E-state index in [2.05, 4.69) is 9.97 Å². The number of hydrogen-bond acceptors (Lipinski definition) is 4. The zero-order valence-electron chi connectivity index (χ0n) is 10.1. The Morgan fingerprint density at radius 2 is 2.17 bits per heavy atom. The Kier molecular flexibility index (Phi) is 4.12. The molecule has 0 radical (unpaired) electrons. The van der Waals surface area contributed by atoms with E-state index in [1.807, 2.05) is 19.1 Å². The second-order valence-corrected chi connectivity index (χ2v) is 4.13. The molecule has 0 saturated carbocycles. The van der Waals surface area contributed by atoms with Crippen LogP contribution in [0.4, 0.5) is 0 Å². The summed E-state index contributed by atoms with van der Waals surface area (Å²) in [4.78, 5) is 8.19. The van der Waals surface area contributed by atoms with E-state index in [-0.39, 0.29) is 0 Å². The van der Waals surface area contributed by atoms with Crippen LogP contribution in [0.1, 0.15) is 18.2 Å². The zero-order valence-corrected chi connectivity index (χ0v) is 10.8. The SMILES string of the molecule is CCc1cc(Oc2cccc(Cl)c2CN)ncn1. The van der Waals surface area contributed by atoms with E-state index < -0.39 is 0 Å². The van der Waals surface area contributed by atoms with Crippen molar-refractivity contribution in [2.75, 3.05) is 0 Å². The molecule has 5 heteroatoms. The molecule has 0 unspecified atom stereocenters. The molecule has 1 heterocycles. The number of nitrogens with zero attached hydrogens (tertiary/aromatic N) is 2. The maximum atomic E-state index is 6.06. The van der Waals surface area contributed by atoms with Gasteiger partial charge >= 0.3 is 0 Å². The van der Waals surface area contributed by atoms with Crippen molar-refractivity contribution in [3.63, 3.8) is 0 Å². The van der Waals surface area contributed by atoms with Crippen LogP contribution in [0.25, 0.3) is 0 Å². The normalized spacial score (nSPS) is 10.4. The fourth-order valence-corrected chi connectivity index (χ4v) is 1.81. The van der Waals surface area contributed by atoms with E-state index >= 15 is 0 Å². The van der Waals surface area contributed by atoms with Gasteiger partial charge in [-0.1, -0.05) is 24.6 Å². The van der Waals surface area contributed by atoms with Crippen molar-refractivity contribution in [1.29, 1.82) is 0 Å². The lowest BCUT2D eigenvalue weighted by Crippen LogP contribution is -2.01. The molecular weight excluding hydrogens is 250 g/mol.